The number of halogens is 1. The molecule has 0 aliphatic carbocycles. The highest BCUT2D eigenvalue weighted by atomic mass is 35.5. The van der Waals surface area contributed by atoms with E-state index in [1.165, 1.54) is 0 Å². The van der Waals surface area contributed by atoms with Crippen LogP contribution in [0.15, 0.2) is 27.7 Å². The van der Waals surface area contributed by atoms with Gasteiger partial charge in [0.1, 0.15) is 0 Å². The zero-order valence-electron chi connectivity index (χ0n) is 7.83. The van der Waals surface area contributed by atoms with E-state index in [9.17, 15) is 0 Å². The molecule has 0 atom stereocenters. The molecule has 1 aromatic heterocycles. The summed E-state index contributed by atoms with van der Waals surface area (Å²) in [6.45, 7) is 1.65. The highest BCUT2D eigenvalue weighted by molar-refractivity contribution is 6.31. The maximum atomic E-state index is 5.85. The van der Waals surface area contributed by atoms with Crippen LogP contribution in [0.5, 0.6) is 0 Å². The SMILES string of the molecule is Clc1ccc2c(C3=NCCN3)noc2c1. The Balaban J connectivity index is 2.19. The van der Waals surface area contributed by atoms with Crippen molar-refractivity contribution in [2.45, 2.75) is 0 Å². The fourth-order valence-electron chi connectivity index (χ4n) is 1.64. The second-order valence-corrected chi connectivity index (χ2v) is 3.77. The van der Waals surface area contributed by atoms with Gasteiger partial charge in [-0.05, 0) is 12.1 Å². The van der Waals surface area contributed by atoms with Gasteiger partial charge in [0.2, 0.25) is 0 Å². The van der Waals surface area contributed by atoms with Gasteiger partial charge in [0.25, 0.3) is 0 Å². The lowest BCUT2D eigenvalue weighted by molar-refractivity contribution is 0.454. The molecule has 1 aromatic carbocycles. The molecule has 0 saturated heterocycles. The maximum Gasteiger partial charge on any atom is 0.169 e. The van der Waals surface area contributed by atoms with E-state index in [1.807, 2.05) is 12.1 Å². The summed E-state index contributed by atoms with van der Waals surface area (Å²) in [5, 5.41) is 8.73. The van der Waals surface area contributed by atoms with Crippen LogP contribution in [0.1, 0.15) is 5.69 Å². The molecule has 1 N–H and O–H groups in total. The number of amidine groups is 1. The number of nitrogens with one attached hydrogen (secondary N) is 1. The van der Waals surface area contributed by atoms with Crippen molar-refractivity contribution in [2.75, 3.05) is 13.1 Å². The predicted molar refractivity (Wildman–Crippen MR) is 58.4 cm³/mol. The van der Waals surface area contributed by atoms with E-state index in [1.54, 1.807) is 6.07 Å². The largest absolute Gasteiger partial charge is 0.367 e. The Bertz CT molecular complexity index is 547. The molecular formula is C10H8ClN3O. The van der Waals surface area contributed by atoms with Crippen molar-refractivity contribution in [3.63, 3.8) is 0 Å². The lowest BCUT2D eigenvalue weighted by atomic mass is 10.2. The van der Waals surface area contributed by atoms with Crippen molar-refractivity contribution in [2.24, 2.45) is 4.99 Å². The Morgan fingerprint density at radius 2 is 2.33 bits per heavy atom. The summed E-state index contributed by atoms with van der Waals surface area (Å²) in [7, 11) is 0. The first kappa shape index (κ1) is 8.73. The van der Waals surface area contributed by atoms with Crippen LogP contribution in [0.3, 0.4) is 0 Å². The number of nitrogens with zero attached hydrogens (tertiary/aromatic N) is 2. The van der Waals surface area contributed by atoms with E-state index in [0.29, 0.717) is 10.6 Å². The molecule has 76 valence electrons. The maximum absolute atomic E-state index is 5.85. The van der Waals surface area contributed by atoms with Crippen molar-refractivity contribution in [1.29, 1.82) is 0 Å². The number of fused-ring (bicyclic) bond motifs is 1. The zero-order valence-corrected chi connectivity index (χ0v) is 8.58. The highest BCUT2D eigenvalue weighted by Gasteiger charge is 2.16. The molecule has 0 bridgehead atoms. The topological polar surface area (TPSA) is 50.4 Å². The summed E-state index contributed by atoms with van der Waals surface area (Å²) in [4.78, 5) is 4.30. The smallest absolute Gasteiger partial charge is 0.169 e. The normalized spacial score (nSPS) is 15.4. The van der Waals surface area contributed by atoms with Gasteiger partial charge in [0, 0.05) is 17.6 Å². The monoisotopic (exact) mass is 221 g/mol. The fourth-order valence-corrected chi connectivity index (χ4v) is 1.80. The fraction of sp³-hybridized carbons (Fsp3) is 0.200. The molecule has 0 saturated carbocycles. The summed E-state index contributed by atoms with van der Waals surface area (Å²) in [5.41, 5.74) is 1.45. The number of rotatable bonds is 1. The Morgan fingerprint density at radius 3 is 3.13 bits per heavy atom. The van der Waals surface area contributed by atoms with Crippen LogP contribution in [0.2, 0.25) is 5.02 Å². The molecule has 0 fully saturated rings. The first-order chi connectivity index (χ1) is 7.34. The third kappa shape index (κ3) is 1.37. The average molecular weight is 222 g/mol. The molecule has 15 heavy (non-hydrogen) atoms. The molecule has 3 rings (SSSR count). The molecular weight excluding hydrogens is 214 g/mol. The molecule has 0 spiro atoms. The van der Waals surface area contributed by atoms with Crippen LogP contribution in [-0.4, -0.2) is 24.1 Å². The van der Waals surface area contributed by atoms with Crippen LogP contribution in [0, 0.1) is 0 Å². The average Bonchev–Trinajstić information content (AvgIpc) is 2.82. The van der Waals surface area contributed by atoms with E-state index in [0.717, 1.165) is 30.0 Å². The van der Waals surface area contributed by atoms with Gasteiger partial charge in [-0.1, -0.05) is 16.8 Å². The van der Waals surface area contributed by atoms with Gasteiger partial charge in [-0.3, -0.25) is 4.99 Å². The molecule has 0 amide bonds. The minimum absolute atomic E-state index is 0.645. The van der Waals surface area contributed by atoms with Crippen molar-refractivity contribution in [1.82, 2.24) is 10.5 Å². The van der Waals surface area contributed by atoms with Crippen LogP contribution in [-0.2, 0) is 0 Å². The van der Waals surface area contributed by atoms with Crippen LogP contribution in [0.25, 0.3) is 11.0 Å². The Labute approximate surface area is 90.9 Å². The Hall–Kier alpha value is -1.55. The quantitative estimate of drug-likeness (QED) is 0.799. The van der Waals surface area contributed by atoms with E-state index in [2.05, 4.69) is 15.5 Å². The molecule has 2 heterocycles. The van der Waals surface area contributed by atoms with Gasteiger partial charge < -0.3 is 9.84 Å². The van der Waals surface area contributed by atoms with Crippen molar-refractivity contribution < 1.29 is 4.52 Å². The Morgan fingerprint density at radius 1 is 1.40 bits per heavy atom. The van der Waals surface area contributed by atoms with Crippen molar-refractivity contribution in [3.05, 3.63) is 28.9 Å². The summed E-state index contributed by atoms with van der Waals surface area (Å²) in [5.74, 6) is 0.802. The number of benzene rings is 1. The number of hydrogen-bond donors (Lipinski definition) is 1. The van der Waals surface area contributed by atoms with E-state index in [4.69, 9.17) is 16.1 Å². The lowest BCUT2D eigenvalue weighted by Crippen LogP contribution is -2.19. The molecule has 1 aliphatic heterocycles. The minimum Gasteiger partial charge on any atom is -0.367 e. The van der Waals surface area contributed by atoms with Gasteiger partial charge in [0.05, 0.1) is 11.9 Å². The summed E-state index contributed by atoms with van der Waals surface area (Å²) < 4.78 is 5.19. The zero-order chi connectivity index (χ0) is 10.3. The van der Waals surface area contributed by atoms with Crippen molar-refractivity contribution in [3.8, 4) is 0 Å². The lowest BCUT2D eigenvalue weighted by Gasteiger charge is -1.96. The van der Waals surface area contributed by atoms with Crippen molar-refractivity contribution >= 4 is 28.4 Å². The van der Waals surface area contributed by atoms with Gasteiger partial charge in [-0.2, -0.15) is 0 Å². The predicted octanol–water partition coefficient (Wildman–Crippen LogP) is 1.83. The van der Waals surface area contributed by atoms with Crippen LogP contribution < -0.4 is 5.32 Å². The van der Waals surface area contributed by atoms with E-state index >= 15 is 0 Å². The molecule has 0 radical (unpaired) electrons. The first-order valence-corrected chi connectivity index (χ1v) is 5.06. The van der Waals surface area contributed by atoms with Gasteiger partial charge in [0.15, 0.2) is 17.1 Å². The van der Waals surface area contributed by atoms with Gasteiger partial charge in [-0.25, -0.2) is 0 Å². The van der Waals surface area contributed by atoms with Crippen LogP contribution >= 0.6 is 11.6 Å². The van der Waals surface area contributed by atoms with E-state index < -0.39 is 0 Å². The highest BCUT2D eigenvalue weighted by Crippen LogP contribution is 2.22. The second kappa shape index (κ2) is 3.24. The van der Waals surface area contributed by atoms with E-state index in [-0.39, 0.29) is 0 Å². The molecule has 5 heteroatoms. The summed E-state index contributed by atoms with van der Waals surface area (Å²) in [6.07, 6.45) is 0. The second-order valence-electron chi connectivity index (χ2n) is 3.33. The molecule has 0 unspecified atom stereocenters. The number of aliphatic imine (C=N–C) groups is 1. The molecule has 4 nitrogen and oxygen atoms in total. The minimum atomic E-state index is 0.645. The molecule has 1 aliphatic rings. The third-order valence-corrected chi connectivity index (χ3v) is 2.57. The van der Waals surface area contributed by atoms with Gasteiger partial charge in [-0.15, -0.1) is 0 Å². The first-order valence-electron chi connectivity index (χ1n) is 4.68. The van der Waals surface area contributed by atoms with Gasteiger partial charge >= 0.3 is 0 Å². The number of hydrogen-bond acceptors (Lipinski definition) is 4. The Kier molecular flexibility index (Phi) is 1.89. The third-order valence-electron chi connectivity index (χ3n) is 2.33. The standard InChI is InChI=1S/C10H8ClN3O/c11-6-1-2-7-8(5-6)15-14-9(7)10-12-3-4-13-10/h1-2,5H,3-4H2,(H,12,13). The summed E-state index contributed by atoms with van der Waals surface area (Å²) >= 11 is 5.85. The summed E-state index contributed by atoms with van der Waals surface area (Å²) in [6, 6.07) is 5.47. The number of aromatic nitrogens is 1. The molecule has 2 aromatic rings. The van der Waals surface area contributed by atoms with Crippen LogP contribution in [0.4, 0.5) is 0 Å².